The Kier molecular flexibility index (Phi) is 4.27. The Balaban J connectivity index is 2.03. The van der Waals surface area contributed by atoms with E-state index in [4.69, 9.17) is 0 Å². The lowest BCUT2D eigenvalue weighted by Gasteiger charge is -2.18. The molecule has 1 aromatic rings. The maximum atomic E-state index is 12.2. The molecule has 1 fully saturated rings. The van der Waals surface area contributed by atoms with Gasteiger partial charge in [0.15, 0.2) is 0 Å². The van der Waals surface area contributed by atoms with E-state index in [1.807, 2.05) is 6.92 Å². The van der Waals surface area contributed by atoms with E-state index in [1.54, 1.807) is 4.90 Å². The standard InChI is InChI=1S/C12H17N5O2/c1-2-13-10-8-15-9(7-16-10)12(19)17-5-3-11(18)14-4-6-17/h7-8H,2-6H2,1H3,(H,13,16)(H,14,18). The predicted molar refractivity (Wildman–Crippen MR) is 69.7 cm³/mol. The fourth-order valence-corrected chi connectivity index (χ4v) is 1.84. The van der Waals surface area contributed by atoms with Crippen molar-refractivity contribution in [3.05, 3.63) is 18.1 Å². The monoisotopic (exact) mass is 263 g/mol. The second-order valence-electron chi connectivity index (χ2n) is 4.21. The van der Waals surface area contributed by atoms with Gasteiger partial charge >= 0.3 is 0 Å². The number of nitrogens with zero attached hydrogens (tertiary/aromatic N) is 3. The molecule has 0 bridgehead atoms. The lowest BCUT2D eigenvalue weighted by molar-refractivity contribution is -0.120. The average molecular weight is 263 g/mol. The zero-order chi connectivity index (χ0) is 13.7. The first-order chi connectivity index (χ1) is 9.20. The van der Waals surface area contributed by atoms with Crippen LogP contribution in [0.25, 0.3) is 0 Å². The van der Waals surface area contributed by atoms with Crippen molar-refractivity contribution in [3.63, 3.8) is 0 Å². The van der Waals surface area contributed by atoms with Crippen LogP contribution in [0.15, 0.2) is 12.4 Å². The summed E-state index contributed by atoms with van der Waals surface area (Å²) in [6.07, 6.45) is 3.33. The molecule has 0 aliphatic carbocycles. The molecule has 0 spiro atoms. The molecule has 0 radical (unpaired) electrons. The third kappa shape index (κ3) is 3.40. The van der Waals surface area contributed by atoms with E-state index in [2.05, 4.69) is 20.6 Å². The minimum atomic E-state index is -0.188. The van der Waals surface area contributed by atoms with Crippen molar-refractivity contribution in [2.45, 2.75) is 13.3 Å². The van der Waals surface area contributed by atoms with Crippen molar-refractivity contribution in [3.8, 4) is 0 Å². The van der Waals surface area contributed by atoms with Gasteiger partial charge in [-0.05, 0) is 6.92 Å². The minimum Gasteiger partial charge on any atom is -0.369 e. The maximum absolute atomic E-state index is 12.2. The first kappa shape index (κ1) is 13.3. The Labute approximate surface area is 111 Å². The Bertz CT molecular complexity index is 460. The van der Waals surface area contributed by atoms with Crippen LogP contribution in [0, 0.1) is 0 Å². The second-order valence-corrected chi connectivity index (χ2v) is 4.21. The van der Waals surface area contributed by atoms with Gasteiger partial charge < -0.3 is 15.5 Å². The highest BCUT2D eigenvalue weighted by atomic mass is 16.2. The summed E-state index contributed by atoms with van der Waals surface area (Å²) in [5.41, 5.74) is 0.302. The summed E-state index contributed by atoms with van der Waals surface area (Å²) in [5.74, 6) is 0.433. The molecule has 1 aliphatic rings. The zero-order valence-corrected chi connectivity index (χ0v) is 10.8. The number of carbonyl (C=O) groups is 2. The van der Waals surface area contributed by atoms with Gasteiger partial charge in [0, 0.05) is 32.6 Å². The number of carbonyl (C=O) groups excluding carboxylic acids is 2. The fourth-order valence-electron chi connectivity index (χ4n) is 1.84. The van der Waals surface area contributed by atoms with E-state index in [0.29, 0.717) is 37.6 Å². The molecule has 0 atom stereocenters. The van der Waals surface area contributed by atoms with E-state index < -0.39 is 0 Å². The van der Waals surface area contributed by atoms with Crippen LogP contribution in [0.1, 0.15) is 23.8 Å². The fraction of sp³-hybridized carbons (Fsp3) is 0.500. The lowest BCUT2D eigenvalue weighted by Crippen LogP contribution is -2.34. The molecule has 7 heteroatoms. The molecule has 19 heavy (non-hydrogen) atoms. The molecule has 0 saturated carbocycles. The SMILES string of the molecule is CCNc1cnc(C(=O)N2CCNC(=O)CC2)cn1. The van der Waals surface area contributed by atoms with Crippen molar-refractivity contribution in [1.29, 1.82) is 0 Å². The molecule has 2 rings (SSSR count). The summed E-state index contributed by atoms with van der Waals surface area (Å²) >= 11 is 0. The van der Waals surface area contributed by atoms with E-state index in [-0.39, 0.29) is 11.8 Å². The third-order valence-corrected chi connectivity index (χ3v) is 2.83. The van der Waals surface area contributed by atoms with Gasteiger partial charge in [0.1, 0.15) is 11.5 Å². The molecule has 1 aliphatic heterocycles. The summed E-state index contributed by atoms with van der Waals surface area (Å²) in [4.78, 5) is 33.3. The molecular formula is C12H17N5O2. The molecule has 1 aromatic heterocycles. The summed E-state index contributed by atoms with van der Waals surface area (Å²) in [5, 5.41) is 5.74. The third-order valence-electron chi connectivity index (χ3n) is 2.83. The first-order valence-electron chi connectivity index (χ1n) is 6.32. The topological polar surface area (TPSA) is 87.2 Å². The lowest BCUT2D eigenvalue weighted by atomic mass is 10.3. The van der Waals surface area contributed by atoms with Gasteiger partial charge in [0.25, 0.3) is 5.91 Å². The number of aromatic nitrogens is 2. The molecule has 102 valence electrons. The molecule has 7 nitrogen and oxygen atoms in total. The maximum Gasteiger partial charge on any atom is 0.274 e. The smallest absolute Gasteiger partial charge is 0.274 e. The molecule has 1 saturated heterocycles. The van der Waals surface area contributed by atoms with E-state index in [9.17, 15) is 9.59 Å². The number of hydrogen-bond acceptors (Lipinski definition) is 5. The van der Waals surface area contributed by atoms with Gasteiger partial charge in [-0.15, -0.1) is 0 Å². The minimum absolute atomic E-state index is 0.0242. The predicted octanol–water partition coefficient (Wildman–Crippen LogP) is -0.130. The van der Waals surface area contributed by atoms with Gasteiger partial charge in [0.2, 0.25) is 5.91 Å². The van der Waals surface area contributed by atoms with Crippen molar-refractivity contribution < 1.29 is 9.59 Å². The van der Waals surface area contributed by atoms with E-state index in [1.165, 1.54) is 12.4 Å². The number of hydrogen-bond donors (Lipinski definition) is 2. The van der Waals surface area contributed by atoms with Crippen LogP contribution in [0.5, 0.6) is 0 Å². The highest BCUT2D eigenvalue weighted by Gasteiger charge is 2.20. The quantitative estimate of drug-likeness (QED) is 0.793. The van der Waals surface area contributed by atoms with Crippen molar-refractivity contribution in [1.82, 2.24) is 20.2 Å². The Morgan fingerprint density at radius 3 is 2.95 bits per heavy atom. The van der Waals surface area contributed by atoms with Gasteiger partial charge in [-0.25, -0.2) is 9.97 Å². The summed E-state index contributed by atoms with van der Waals surface area (Å²) in [7, 11) is 0. The summed E-state index contributed by atoms with van der Waals surface area (Å²) < 4.78 is 0. The Morgan fingerprint density at radius 1 is 1.42 bits per heavy atom. The molecule has 2 N–H and O–H groups in total. The number of nitrogens with one attached hydrogen (secondary N) is 2. The first-order valence-corrected chi connectivity index (χ1v) is 6.32. The van der Waals surface area contributed by atoms with Gasteiger partial charge in [-0.2, -0.15) is 0 Å². The van der Waals surface area contributed by atoms with E-state index in [0.717, 1.165) is 6.54 Å². The van der Waals surface area contributed by atoms with Crippen LogP contribution in [0.2, 0.25) is 0 Å². The number of rotatable bonds is 3. The molecule has 2 heterocycles. The normalized spacial score (nSPS) is 15.6. The second kappa shape index (κ2) is 6.12. The molecule has 0 unspecified atom stereocenters. The highest BCUT2D eigenvalue weighted by molar-refractivity contribution is 5.92. The highest BCUT2D eigenvalue weighted by Crippen LogP contribution is 2.06. The van der Waals surface area contributed by atoms with Crippen molar-refractivity contribution in [2.24, 2.45) is 0 Å². The zero-order valence-electron chi connectivity index (χ0n) is 10.8. The van der Waals surface area contributed by atoms with Crippen LogP contribution in [0.4, 0.5) is 5.82 Å². The van der Waals surface area contributed by atoms with Crippen LogP contribution in [-0.2, 0) is 4.79 Å². The van der Waals surface area contributed by atoms with Gasteiger partial charge in [-0.3, -0.25) is 9.59 Å². The van der Waals surface area contributed by atoms with Crippen molar-refractivity contribution in [2.75, 3.05) is 31.5 Å². The summed E-state index contributed by atoms with van der Waals surface area (Å²) in [6.45, 7) is 4.11. The number of anilines is 1. The van der Waals surface area contributed by atoms with E-state index >= 15 is 0 Å². The van der Waals surface area contributed by atoms with Crippen LogP contribution >= 0.6 is 0 Å². The van der Waals surface area contributed by atoms with Crippen LogP contribution in [0.3, 0.4) is 0 Å². The molecule has 2 amide bonds. The Morgan fingerprint density at radius 2 is 2.26 bits per heavy atom. The van der Waals surface area contributed by atoms with Crippen LogP contribution in [-0.4, -0.2) is 52.9 Å². The van der Waals surface area contributed by atoms with Gasteiger partial charge in [-0.1, -0.05) is 0 Å². The number of amides is 2. The van der Waals surface area contributed by atoms with Crippen LogP contribution < -0.4 is 10.6 Å². The molecule has 0 aromatic carbocycles. The van der Waals surface area contributed by atoms with Crippen molar-refractivity contribution >= 4 is 17.6 Å². The molecular weight excluding hydrogens is 246 g/mol. The summed E-state index contributed by atoms with van der Waals surface area (Å²) in [6, 6.07) is 0. The average Bonchev–Trinajstić information content (AvgIpc) is 2.64. The van der Waals surface area contributed by atoms with Gasteiger partial charge in [0.05, 0.1) is 12.4 Å². The Hall–Kier alpha value is -2.18. The largest absolute Gasteiger partial charge is 0.369 e.